The molecule has 2 N–H and O–H groups in total. The van der Waals surface area contributed by atoms with Gasteiger partial charge in [0.05, 0.1) is 0 Å². The number of nitrogens with one attached hydrogen (secondary N) is 2. The predicted octanol–water partition coefficient (Wildman–Crippen LogP) is 2.44. The smallest absolute Gasteiger partial charge is 0.0477 e. The van der Waals surface area contributed by atoms with Crippen LogP contribution in [0.2, 0.25) is 0 Å². The number of aromatic amines is 1. The van der Waals surface area contributed by atoms with Crippen LogP contribution < -0.4 is 5.32 Å². The number of hydrogen-bond acceptors (Lipinski definition) is 1. The molecule has 66 valence electrons. The lowest BCUT2D eigenvalue weighted by Gasteiger charge is -2.02. The van der Waals surface area contributed by atoms with Crippen LogP contribution in [0.5, 0.6) is 0 Å². The van der Waals surface area contributed by atoms with E-state index in [1.165, 1.54) is 27.7 Å². The van der Waals surface area contributed by atoms with Gasteiger partial charge in [0.2, 0.25) is 0 Å². The Morgan fingerprint density at radius 3 is 3.15 bits per heavy atom. The van der Waals surface area contributed by atoms with E-state index in [0.717, 1.165) is 13.0 Å². The van der Waals surface area contributed by atoms with Crippen LogP contribution in [0.1, 0.15) is 11.1 Å². The Labute approximate surface area is 77.0 Å². The molecule has 0 amide bonds. The van der Waals surface area contributed by atoms with Crippen molar-refractivity contribution in [2.45, 2.75) is 13.3 Å². The molecule has 1 aromatic heterocycles. The van der Waals surface area contributed by atoms with Gasteiger partial charge >= 0.3 is 0 Å². The monoisotopic (exact) mass is 172 g/mol. The van der Waals surface area contributed by atoms with Crippen LogP contribution in [0.4, 0.5) is 5.69 Å². The molecule has 1 aliphatic rings. The lowest BCUT2D eigenvalue weighted by molar-refractivity contribution is 1.11. The van der Waals surface area contributed by atoms with E-state index in [-0.39, 0.29) is 0 Å². The summed E-state index contributed by atoms with van der Waals surface area (Å²) >= 11 is 0. The number of rotatable bonds is 0. The van der Waals surface area contributed by atoms with Crippen molar-refractivity contribution < 1.29 is 0 Å². The van der Waals surface area contributed by atoms with E-state index in [1.807, 2.05) is 0 Å². The Morgan fingerprint density at radius 1 is 1.31 bits per heavy atom. The summed E-state index contributed by atoms with van der Waals surface area (Å²) in [6, 6.07) is 4.39. The molecule has 2 nitrogen and oxygen atoms in total. The van der Waals surface area contributed by atoms with Crippen LogP contribution >= 0.6 is 0 Å². The Morgan fingerprint density at radius 2 is 2.23 bits per heavy atom. The molecule has 0 fully saturated rings. The molecule has 0 aliphatic carbocycles. The van der Waals surface area contributed by atoms with Gasteiger partial charge in [-0.05, 0) is 30.5 Å². The average molecular weight is 172 g/mol. The first kappa shape index (κ1) is 7.01. The third kappa shape index (κ3) is 0.829. The van der Waals surface area contributed by atoms with Crippen molar-refractivity contribution in [1.29, 1.82) is 0 Å². The molecule has 0 radical (unpaired) electrons. The van der Waals surface area contributed by atoms with Crippen LogP contribution in [0, 0.1) is 6.92 Å². The Kier molecular flexibility index (Phi) is 1.23. The van der Waals surface area contributed by atoms with Crippen LogP contribution in [-0.4, -0.2) is 11.5 Å². The van der Waals surface area contributed by atoms with Crippen LogP contribution in [0.15, 0.2) is 18.3 Å². The maximum Gasteiger partial charge on any atom is 0.0477 e. The molecule has 3 rings (SSSR count). The maximum absolute atomic E-state index is 3.45. The molecule has 0 spiro atoms. The van der Waals surface area contributed by atoms with Crippen molar-refractivity contribution in [2.75, 3.05) is 11.9 Å². The molecule has 1 aliphatic heterocycles. The number of H-pyrrole nitrogens is 1. The number of aromatic nitrogens is 1. The second-order valence-electron chi connectivity index (χ2n) is 3.67. The molecule has 13 heavy (non-hydrogen) atoms. The van der Waals surface area contributed by atoms with Crippen molar-refractivity contribution in [3.05, 3.63) is 29.5 Å². The standard InChI is InChI=1S/C11H12N2/c1-7-6-13-9-3-2-8-4-5-12-11(8)10(7)9/h2-3,6,12-13H,4-5H2,1H3. The van der Waals surface area contributed by atoms with Gasteiger partial charge in [-0.3, -0.25) is 0 Å². The van der Waals surface area contributed by atoms with Crippen molar-refractivity contribution in [2.24, 2.45) is 0 Å². The molecule has 0 saturated heterocycles. The van der Waals surface area contributed by atoms with Gasteiger partial charge in [-0.1, -0.05) is 6.07 Å². The van der Waals surface area contributed by atoms with Gasteiger partial charge in [0.1, 0.15) is 0 Å². The fourth-order valence-electron chi connectivity index (χ4n) is 2.17. The molecule has 2 heteroatoms. The fourth-order valence-corrected chi connectivity index (χ4v) is 2.17. The minimum Gasteiger partial charge on any atom is -0.384 e. The molecular weight excluding hydrogens is 160 g/mol. The number of hydrogen-bond donors (Lipinski definition) is 2. The van der Waals surface area contributed by atoms with E-state index in [2.05, 4.69) is 35.6 Å². The Balaban J connectivity index is 2.47. The van der Waals surface area contributed by atoms with Crippen LogP contribution in [-0.2, 0) is 6.42 Å². The molecule has 0 atom stereocenters. The highest BCUT2D eigenvalue weighted by atomic mass is 14.9. The predicted molar refractivity (Wildman–Crippen MR) is 55.2 cm³/mol. The van der Waals surface area contributed by atoms with Gasteiger partial charge in [0.15, 0.2) is 0 Å². The van der Waals surface area contributed by atoms with Gasteiger partial charge in [-0.2, -0.15) is 0 Å². The quantitative estimate of drug-likeness (QED) is 0.627. The van der Waals surface area contributed by atoms with Crippen molar-refractivity contribution >= 4 is 16.6 Å². The average Bonchev–Trinajstić information content (AvgIpc) is 2.70. The minimum atomic E-state index is 1.08. The second-order valence-corrected chi connectivity index (χ2v) is 3.67. The zero-order chi connectivity index (χ0) is 8.84. The first-order valence-corrected chi connectivity index (χ1v) is 4.70. The molecule has 0 bridgehead atoms. The normalized spacial score (nSPS) is 14.5. The van der Waals surface area contributed by atoms with Gasteiger partial charge in [-0.25, -0.2) is 0 Å². The number of anilines is 1. The van der Waals surface area contributed by atoms with Crippen molar-refractivity contribution in [1.82, 2.24) is 4.98 Å². The summed E-state index contributed by atoms with van der Waals surface area (Å²) < 4.78 is 0. The fraction of sp³-hybridized carbons (Fsp3) is 0.273. The zero-order valence-corrected chi connectivity index (χ0v) is 7.65. The SMILES string of the molecule is Cc1c[nH]c2ccc3c(c12)NCC3. The second kappa shape index (κ2) is 2.28. The summed E-state index contributed by atoms with van der Waals surface area (Å²) in [4.78, 5) is 3.28. The van der Waals surface area contributed by atoms with Gasteiger partial charge < -0.3 is 10.3 Å². The summed E-state index contributed by atoms with van der Waals surface area (Å²) in [6.07, 6.45) is 3.24. The lowest BCUT2D eigenvalue weighted by Crippen LogP contribution is -1.91. The van der Waals surface area contributed by atoms with Crippen molar-refractivity contribution in [3.63, 3.8) is 0 Å². The van der Waals surface area contributed by atoms with Gasteiger partial charge in [0, 0.05) is 29.3 Å². The molecule has 0 saturated carbocycles. The number of fused-ring (bicyclic) bond motifs is 3. The summed E-state index contributed by atoms with van der Waals surface area (Å²) in [5, 5.41) is 4.82. The van der Waals surface area contributed by atoms with Crippen LogP contribution in [0.25, 0.3) is 10.9 Å². The highest BCUT2D eigenvalue weighted by Gasteiger charge is 2.14. The third-order valence-electron chi connectivity index (χ3n) is 2.83. The summed E-state index contributed by atoms with van der Waals surface area (Å²) in [5.41, 5.74) is 5.37. The van der Waals surface area contributed by atoms with Gasteiger partial charge in [0.25, 0.3) is 0 Å². The van der Waals surface area contributed by atoms with Crippen molar-refractivity contribution in [3.8, 4) is 0 Å². The largest absolute Gasteiger partial charge is 0.384 e. The van der Waals surface area contributed by atoms with E-state index < -0.39 is 0 Å². The zero-order valence-electron chi connectivity index (χ0n) is 7.65. The maximum atomic E-state index is 3.45. The van der Waals surface area contributed by atoms with Gasteiger partial charge in [-0.15, -0.1) is 0 Å². The highest BCUT2D eigenvalue weighted by molar-refractivity contribution is 5.97. The summed E-state index contributed by atoms with van der Waals surface area (Å²) in [7, 11) is 0. The topological polar surface area (TPSA) is 27.8 Å². The Hall–Kier alpha value is -1.44. The van der Waals surface area contributed by atoms with E-state index in [0.29, 0.717) is 0 Å². The third-order valence-corrected chi connectivity index (χ3v) is 2.83. The minimum absolute atomic E-state index is 1.08. The first-order chi connectivity index (χ1) is 6.36. The van der Waals surface area contributed by atoms with E-state index in [9.17, 15) is 0 Å². The Bertz CT molecular complexity index is 468. The molecular formula is C11H12N2. The highest BCUT2D eigenvalue weighted by Crippen LogP contribution is 2.32. The molecule has 0 unspecified atom stereocenters. The van der Waals surface area contributed by atoms with Crippen LogP contribution in [0.3, 0.4) is 0 Å². The molecule has 2 heterocycles. The number of aryl methyl sites for hydroxylation is 1. The van der Waals surface area contributed by atoms with E-state index in [4.69, 9.17) is 0 Å². The summed E-state index contributed by atoms with van der Waals surface area (Å²) in [5.74, 6) is 0. The number of benzene rings is 1. The first-order valence-electron chi connectivity index (χ1n) is 4.70. The van der Waals surface area contributed by atoms with E-state index >= 15 is 0 Å². The molecule has 1 aromatic carbocycles. The summed E-state index contributed by atoms with van der Waals surface area (Å²) in [6.45, 7) is 3.23. The van der Waals surface area contributed by atoms with E-state index in [1.54, 1.807) is 0 Å². The molecule has 2 aromatic rings. The lowest BCUT2D eigenvalue weighted by atomic mass is 10.1.